The molecule has 0 saturated heterocycles. The molecule has 1 rings (SSSR count). The second-order valence-electron chi connectivity index (χ2n) is 3.62. The lowest BCUT2D eigenvalue weighted by Gasteiger charge is -2.25. The Morgan fingerprint density at radius 3 is 2.14 bits per heavy atom. The molecule has 0 aromatic heterocycles. The largest absolute Gasteiger partial charge is 0.371 e. The van der Waals surface area contributed by atoms with Crippen LogP contribution in [0.4, 0.5) is 5.69 Å². The van der Waals surface area contributed by atoms with Crippen molar-refractivity contribution in [1.29, 1.82) is 0 Å². The van der Waals surface area contributed by atoms with E-state index in [9.17, 15) is 0 Å². The Labute approximate surface area is 87.7 Å². The summed E-state index contributed by atoms with van der Waals surface area (Å²) in [5.41, 5.74) is 2.42. The molecule has 0 spiro atoms. The Bertz CT molecular complexity index is 262. The SMILES string of the molecule is [CH2]c1ccccc1N(CCC)CCC. The van der Waals surface area contributed by atoms with Crippen LogP contribution < -0.4 is 4.90 Å². The molecule has 1 aromatic carbocycles. The molecule has 1 aromatic rings. The first-order valence-corrected chi connectivity index (χ1v) is 5.45. The van der Waals surface area contributed by atoms with Crippen LogP contribution in [0, 0.1) is 6.92 Å². The molecular formula is C13H20N. The fraction of sp³-hybridized carbons (Fsp3) is 0.462. The maximum Gasteiger partial charge on any atom is 0.0398 e. The minimum absolute atomic E-state index is 1.13. The molecule has 1 nitrogen and oxygen atoms in total. The Balaban J connectivity index is 2.81. The average Bonchev–Trinajstić information content (AvgIpc) is 2.18. The molecule has 0 bridgehead atoms. The van der Waals surface area contributed by atoms with Gasteiger partial charge in [-0.2, -0.15) is 0 Å². The molecule has 0 N–H and O–H groups in total. The van der Waals surface area contributed by atoms with Crippen LogP contribution in [0.5, 0.6) is 0 Å². The third-order valence-electron chi connectivity index (χ3n) is 2.32. The fourth-order valence-electron chi connectivity index (χ4n) is 1.71. The van der Waals surface area contributed by atoms with Crippen LogP contribution >= 0.6 is 0 Å². The number of benzene rings is 1. The van der Waals surface area contributed by atoms with E-state index >= 15 is 0 Å². The summed E-state index contributed by atoms with van der Waals surface area (Å²) in [6.45, 7) is 10.7. The smallest absolute Gasteiger partial charge is 0.0398 e. The molecule has 0 unspecified atom stereocenters. The molecule has 0 aliphatic heterocycles. The Morgan fingerprint density at radius 2 is 1.64 bits per heavy atom. The van der Waals surface area contributed by atoms with Gasteiger partial charge in [0.2, 0.25) is 0 Å². The summed E-state index contributed by atoms with van der Waals surface area (Å²) in [6.07, 6.45) is 2.38. The summed E-state index contributed by atoms with van der Waals surface area (Å²) in [6, 6.07) is 8.37. The molecule has 0 aliphatic carbocycles. The van der Waals surface area contributed by atoms with Crippen molar-refractivity contribution in [1.82, 2.24) is 0 Å². The second-order valence-corrected chi connectivity index (χ2v) is 3.62. The first kappa shape index (κ1) is 11.1. The van der Waals surface area contributed by atoms with E-state index < -0.39 is 0 Å². The highest BCUT2D eigenvalue weighted by Gasteiger charge is 2.05. The molecule has 77 valence electrons. The van der Waals surface area contributed by atoms with Gasteiger partial charge in [-0.3, -0.25) is 0 Å². The van der Waals surface area contributed by atoms with Crippen molar-refractivity contribution in [3.63, 3.8) is 0 Å². The van der Waals surface area contributed by atoms with Crippen molar-refractivity contribution in [2.45, 2.75) is 26.7 Å². The molecule has 0 atom stereocenters. The molecule has 0 fully saturated rings. The van der Waals surface area contributed by atoms with Gasteiger partial charge in [-0.25, -0.2) is 0 Å². The highest BCUT2D eigenvalue weighted by atomic mass is 15.1. The summed E-state index contributed by atoms with van der Waals surface area (Å²) in [5, 5.41) is 0. The topological polar surface area (TPSA) is 3.24 Å². The van der Waals surface area contributed by atoms with Crippen LogP contribution in [-0.2, 0) is 0 Å². The highest BCUT2D eigenvalue weighted by molar-refractivity contribution is 5.54. The zero-order valence-electron chi connectivity index (χ0n) is 9.29. The first-order valence-electron chi connectivity index (χ1n) is 5.45. The van der Waals surface area contributed by atoms with E-state index in [-0.39, 0.29) is 0 Å². The molecule has 0 aliphatic rings. The summed E-state index contributed by atoms with van der Waals surface area (Å²) >= 11 is 0. The van der Waals surface area contributed by atoms with Gasteiger partial charge in [0.15, 0.2) is 0 Å². The first-order chi connectivity index (χ1) is 6.79. The van der Waals surface area contributed by atoms with Gasteiger partial charge in [0.25, 0.3) is 0 Å². The van der Waals surface area contributed by atoms with Crippen LogP contribution in [0.25, 0.3) is 0 Å². The van der Waals surface area contributed by atoms with E-state index in [4.69, 9.17) is 0 Å². The van der Waals surface area contributed by atoms with E-state index in [2.05, 4.69) is 43.9 Å². The van der Waals surface area contributed by atoms with E-state index in [1.165, 1.54) is 18.5 Å². The van der Waals surface area contributed by atoms with E-state index in [0.717, 1.165) is 18.7 Å². The Morgan fingerprint density at radius 1 is 1.07 bits per heavy atom. The van der Waals surface area contributed by atoms with E-state index in [1.54, 1.807) is 0 Å². The van der Waals surface area contributed by atoms with Crippen LogP contribution in [0.2, 0.25) is 0 Å². The predicted molar refractivity (Wildman–Crippen MR) is 63.7 cm³/mol. The Hall–Kier alpha value is -0.980. The lowest BCUT2D eigenvalue weighted by atomic mass is 10.1. The monoisotopic (exact) mass is 190 g/mol. The van der Waals surface area contributed by atoms with Crippen molar-refractivity contribution in [2.75, 3.05) is 18.0 Å². The standard InChI is InChI=1S/C13H20N/c1-4-10-14(11-5-2)13-9-7-6-8-12(13)3/h6-9H,3-5,10-11H2,1-2H3. The molecule has 0 saturated carbocycles. The van der Waals surface area contributed by atoms with Gasteiger partial charge in [0.1, 0.15) is 0 Å². The van der Waals surface area contributed by atoms with Gasteiger partial charge in [0.05, 0.1) is 0 Å². The Kier molecular flexibility index (Phi) is 4.51. The zero-order chi connectivity index (χ0) is 10.4. The number of para-hydroxylation sites is 1. The molecular weight excluding hydrogens is 170 g/mol. The number of hydrogen-bond donors (Lipinski definition) is 0. The molecule has 0 heterocycles. The van der Waals surface area contributed by atoms with Crippen molar-refractivity contribution in [2.24, 2.45) is 0 Å². The predicted octanol–water partition coefficient (Wildman–Crippen LogP) is 3.50. The number of anilines is 1. The van der Waals surface area contributed by atoms with Crippen LogP contribution in [0.1, 0.15) is 32.3 Å². The molecule has 1 radical (unpaired) electrons. The van der Waals surface area contributed by atoms with Crippen LogP contribution in [0.3, 0.4) is 0 Å². The van der Waals surface area contributed by atoms with Gasteiger partial charge in [-0.15, -0.1) is 0 Å². The lowest BCUT2D eigenvalue weighted by molar-refractivity contribution is 0.744. The minimum Gasteiger partial charge on any atom is -0.371 e. The van der Waals surface area contributed by atoms with E-state index in [1.807, 2.05) is 6.07 Å². The van der Waals surface area contributed by atoms with Gasteiger partial charge in [-0.05, 0) is 31.4 Å². The third-order valence-corrected chi connectivity index (χ3v) is 2.32. The highest BCUT2D eigenvalue weighted by Crippen LogP contribution is 2.19. The number of nitrogens with zero attached hydrogens (tertiary/aromatic N) is 1. The van der Waals surface area contributed by atoms with Crippen LogP contribution in [0.15, 0.2) is 24.3 Å². The lowest BCUT2D eigenvalue weighted by Crippen LogP contribution is -2.25. The quantitative estimate of drug-likeness (QED) is 0.687. The van der Waals surface area contributed by atoms with Gasteiger partial charge in [-0.1, -0.05) is 32.0 Å². The minimum atomic E-state index is 1.13. The molecule has 14 heavy (non-hydrogen) atoms. The van der Waals surface area contributed by atoms with Gasteiger partial charge >= 0.3 is 0 Å². The normalized spacial score (nSPS) is 10.2. The molecule has 1 heteroatoms. The summed E-state index contributed by atoms with van der Waals surface area (Å²) in [4.78, 5) is 2.42. The zero-order valence-corrected chi connectivity index (χ0v) is 9.29. The van der Waals surface area contributed by atoms with Crippen molar-refractivity contribution < 1.29 is 0 Å². The summed E-state index contributed by atoms with van der Waals surface area (Å²) < 4.78 is 0. The molecule has 0 amide bonds. The summed E-state index contributed by atoms with van der Waals surface area (Å²) in [5.74, 6) is 0. The van der Waals surface area contributed by atoms with Gasteiger partial charge < -0.3 is 4.90 Å². The maximum absolute atomic E-state index is 4.06. The van der Waals surface area contributed by atoms with Gasteiger partial charge in [0, 0.05) is 18.8 Å². The maximum atomic E-state index is 4.06. The van der Waals surface area contributed by atoms with Crippen molar-refractivity contribution >= 4 is 5.69 Å². The number of rotatable bonds is 5. The van der Waals surface area contributed by atoms with E-state index in [0.29, 0.717) is 0 Å². The number of hydrogen-bond acceptors (Lipinski definition) is 1. The fourth-order valence-corrected chi connectivity index (χ4v) is 1.71. The van der Waals surface area contributed by atoms with Crippen molar-refractivity contribution in [3.8, 4) is 0 Å². The summed E-state index contributed by atoms with van der Waals surface area (Å²) in [7, 11) is 0. The van der Waals surface area contributed by atoms with Crippen molar-refractivity contribution in [3.05, 3.63) is 36.8 Å². The third kappa shape index (κ3) is 2.76. The van der Waals surface area contributed by atoms with Crippen LogP contribution in [-0.4, -0.2) is 13.1 Å². The average molecular weight is 190 g/mol. The second kappa shape index (κ2) is 5.69.